The molecule has 2 fully saturated rings. The zero-order valence-corrected chi connectivity index (χ0v) is 30.5. The van der Waals surface area contributed by atoms with E-state index in [1.165, 1.54) is 39.2 Å². The Labute approximate surface area is 298 Å². The molecule has 4 unspecified atom stereocenters. The molecular weight excluding hydrogens is 653 g/mol. The zero-order valence-electron chi connectivity index (χ0n) is 28.8. The number of benzene rings is 1. The highest BCUT2D eigenvalue weighted by molar-refractivity contribution is 8.76. The van der Waals surface area contributed by atoms with Crippen LogP contribution in [0.3, 0.4) is 0 Å². The minimum Gasteiger partial charge on any atom is -0.504 e. The van der Waals surface area contributed by atoms with E-state index in [0.29, 0.717) is 47.7 Å². The molecule has 262 valence electrons. The van der Waals surface area contributed by atoms with Crippen molar-refractivity contribution in [1.82, 2.24) is 15.2 Å². The predicted octanol–water partition coefficient (Wildman–Crippen LogP) is 8.27. The molecule has 4 atom stereocenters. The Morgan fingerprint density at radius 1 is 1.10 bits per heavy atom. The molecule has 3 aliphatic carbocycles. The number of pyridine rings is 1. The van der Waals surface area contributed by atoms with Crippen LogP contribution in [0.25, 0.3) is 6.08 Å². The van der Waals surface area contributed by atoms with Crippen molar-refractivity contribution in [3.05, 3.63) is 64.6 Å². The summed E-state index contributed by atoms with van der Waals surface area (Å²) < 4.78 is 5.49. The van der Waals surface area contributed by atoms with Crippen LogP contribution in [0.4, 0.5) is 5.82 Å². The van der Waals surface area contributed by atoms with E-state index in [2.05, 4.69) is 35.6 Å². The highest BCUT2D eigenvalue weighted by atomic mass is 33.1. The first-order valence-electron chi connectivity index (χ1n) is 18.1. The summed E-state index contributed by atoms with van der Waals surface area (Å²) in [5, 5.41) is 14.5. The Morgan fingerprint density at radius 2 is 1.94 bits per heavy atom. The fourth-order valence-corrected chi connectivity index (χ4v) is 13.0. The molecule has 4 N–H and O–H groups in total. The van der Waals surface area contributed by atoms with Gasteiger partial charge in [0.2, 0.25) is 0 Å². The number of fused-ring (bicyclic) bond motifs is 8. The number of rotatable bonds is 4. The third kappa shape index (κ3) is 6.72. The lowest BCUT2D eigenvalue weighted by molar-refractivity contribution is -0.125. The Kier molecular flexibility index (Phi) is 9.99. The molecule has 5 aliphatic rings. The molecule has 0 radical (unpaired) electrons. The summed E-state index contributed by atoms with van der Waals surface area (Å²) in [4.78, 5) is 34.3. The fraction of sp³-hybridized carbons (Fsp3) is 0.564. The number of methoxy groups -OCH3 is 1. The van der Waals surface area contributed by atoms with Gasteiger partial charge in [0.15, 0.2) is 17.3 Å². The fourth-order valence-electron chi connectivity index (χ4n) is 9.30. The van der Waals surface area contributed by atoms with Crippen LogP contribution in [0, 0.1) is 11.3 Å². The van der Waals surface area contributed by atoms with Crippen LogP contribution >= 0.6 is 21.6 Å². The second-order valence-corrected chi connectivity index (χ2v) is 17.5. The maximum atomic E-state index is 13.6. The van der Waals surface area contributed by atoms with Crippen LogP contribution in [0.5, 0.6) is 11.5 Å². The first-order chi connectivity index (χ1) is 23.7. The van der Waals surface area contributed by atoms with Crippen molar-refractivity contribution in [2.75, 3.05) is 25.3 Å². The van der Waals surface area contributed by atoms with E-state index >= 15 is 0 Å². The lowest BCUT2D eigenvalue weighted by Gasteiger charge is -2.46. The van der Waals surface area contributed by atoms with Crippen LogP contribution in [0.1, 0.15) is 124 Å². The first kappa shape index (κ1) is 34.3. The Morgan fingerprint density at radius 3 is 2.69 bits per heavy atom. The van der Waals surface area contributed by atoms with Gasteiger partial charge in [0.1, 0.15) is 11.6 Å². The number of nitrogens with two attached hydrogens (primary N) is 1. The Balaban J connectivity index is 1.37. The third-order valence-corrected chi connectivity index (χ3v) is 15.2. The van der Waals surface area contributed by atoms with E-state index in [9.17, 15) is 14.7 Å². The van der Waals surface area contributed by atoms with E-state index in [1.54, 1.807) is 6.07 Å². The number of anilines is 1. The van der Waals surface area contributed by atoms with Crippen LogP contribution in [-0.4, -0.2) is 51.6 Å². The molecule has 2 aromatic rings. The number of phenolic OH excluding ortho intramolecular Hbond substituents is 1. The number of carbonyl (C=O) groups is 2. The summed E-state index contributed by atoms with van der Waals surface area (Å²) in [6.07, 6.45) is 20.1. The van der Waals surface area contributed by atoms with Crippen molar-refractivity contribution in [1.29, 1.82) is 0 Å². The maximum Gasteiger partial charge on any atom is 0.166 e. The first-order valence-corrected chi connectivity index (χ1v) is 20.5. The number of phenols is 1. The smallest absolute Gasteiger partial charge is 0.166 e. The van der Waals surface area contributed by atoms with E-state index in [-0.39, 0.29) is 40.4 Å². The van der Waals surface area contributed by atoms with Crippen LogP contribution in [0.15, 0.2) is 42.4 Å². The van der Waals surface area contributed by atoms with Crippen molar-refractivity contribution >= 4 is 45.0 Å². The third-order valence-electron chi connectivity index (χ3n) is 12.2. The standard InChI is InChI=1S/C39H50N4O4S2/c1-3-25-6-8-29(44)19-33(45)26-7-9-30(31-20-34(46)35(47-2)18-27(31)16-26)28-17-32(37(40)42-21-28)36(49-48-22-25)39(43-15-14-41-24-43)13-12-38(23-39)10-4-5-11-38/h14-18,20-21,25,30,36,41,46H,3-13,19,22-24H2,1-2H3,(H2,40,42). The number of nitrogens with zero attached hydrogens (tertiary/aromatic N) is 2. The lowest BCUT2D eigenvalue weighted by atomic mass is 9.78. The number of nitrogen functional groups attached to an aromatic ring is 1. The molecule has 2 aliphatic heterocycles. The quantitative estimate of drug-likeness (QED) is 0.212. The monoisotopic (exact) mass is 702 g/mol. The SMILES string of the molecule is CCC1CCC(=O)CC(=O)C2=Cc3cc(OC)c(O)cc3C(CC2)c2cnc(N)c(c2)C(C2(N3C=CNC3)CCC3(CCCC3)C2)SSC1. The molecule has 8 nitrogen and oxygen atoms in total. The number of aromatic hydroxyl groups is 1. The number of hydrogen-bond acceptors (Lipinski definition) is 10. The largest absolute Gasteiger partial charge is 0.504 e. The maximum absolute atomic E-state index is 13.6. The number of ketones is 2. The van der Waals surface area contributed by atoms with Gasteiger partial charge in [0, 0.05) is 42.3 Å². The van der Waals surface area contributed by atoms with Crippen molar-refractivity contribution in [2.45, 2.75) is 107 Å². The zero-order chi connectivity index (χ0) is 34.2. The van der Waals surface area contributed by atoms with Crippen molar-refractivity contribution in [3.8, 4) is 11.5 Å². The molecule has 1 aromatic heterocycles. The van der Waals surface area contributed by atoms with Gasteiger partial charge in [-0.3, -0.25) is 9.59 Å². The molecule has 0 amide bonds. The normalized spacial score (nSPS) is 28.7. The van der Waals surface area contributed by atoms with E-state index < -0.39 is 0 Å². The van der Waals surface area contributed by atoms with Crippen molar-refractivity contribution in [2.24, 2.45) is 11.3 Å². The minimum absolute atomic E-state index is 0.0113. The molecule has 10 heteroatoms. The highest BCUT2D eigenvalue weighted by Crippen LogP contribution is 2.64. The van der Waals surface area contributed by atoms with E-state index in [4.69, 9.17) is 15.5 Å². The molecule has 1 spiro atoms. The van der Waals surface area contributed by atoms with Crippen LogP contribution in [-0.2, 0) is 9.59 Å². The molecule has 49 heavy (non-hydrogen) atoms. The van der Waals surface area contributed by atoms with Gasteiger partial charge in [-0.1, -0.05) is 47.8 Å². The molecule has 2 saturated carbocycles. The van der Waals surface area contributed by atoms with Crippen LogP contribution < -0.4 is 15.8 Å². The van der Waals surface area contributed by atoms with Crippen molar-refractivity contribution in [3.63, 3.8) is 0 Å². The number of carbonyl (C=O) groups excluding carboxylic acids is 2. The van der Waals surface area contributed by atoms with Gasteiger partial charge in [-0.05, 0) is 109 Å². The number of allylic oxidation sites excluding steroid dienone is 1. The average molecular weight is 703 g/mol. The van der Waals surface area contributed by atoms with Gasteiger partial charge < -0.3 is 25.8 Å². The molecule has 0 saturated heterocycles. The number of ether oxygens (including phenoxy) is 1. The van der Waals surface area contributed by atoms with Gasteiger partial charge in [-0.25, -0.2) is 4.98 Å². The lowest BCUT2D eigenvalue weighted by Crippen LogP contribution is -2.49. The topological polar surface area (TPSA) is 118 Å². The second-order valence-electron chi connectivity index (χ2n) is 15.0. The minimum atomic E-state index is -0.136. The summed E-state index contributed by atoms with van der Waals surface area (Å²) in [7, 11) is 5.39. The summed E-state index contributed by atoms with van der Waals surface area (Å²) in [5.41, 5.74) is 11.7. The van der Waals surface area contributed by atoms with Gasteiger partial charge in [-0.15, -0.1) is 0 Å². The highest BCUT2D eigenvalue weighted by Gasteiger charge is 2.56. The van der Waals surface area contributed by atoms with Gasteiger partial charge in [0.25, 0.3) is 0 Å². The number of Topliss-reactive ketones (excluding diaryl/α,β-unsaturated/α-hetero) is 2. The number of nitrogens with one attached hydrogen (secondary N) is 1. The van der Waals surface area contributed by atoms with E-state index in [1.807, 2.05) is 39.9 Å². The molecule has 7 rings (SSSR count). The van der Waals surface area contributed by atoms with Gasteiger partial charge >= 0.3 is 0 Å². The predicted molar refractivity (Wildman–Crippen MR) is 199 cm³/mol. The summed E-state index contributed by atoms with van der Waals surface area (Å²) in [6, 6.07) is 5.87. The molecule has 4 bridgehead atoms. The molecular formula is C39H50N4O4S2. The van der Waals surface area contributed by atoms with Crippen LogP contribution in [0.2, 0.25) is 0 Å². The summed E-state index contributed by atoms with van der Waals surface area (Å²) in [5.74, 6) is 2.07. The molecule has 3 heterocycles. The Bertz CT molecular complexity index is 1650. The van der Waals surface area contributed by atoms with Crippen molar-refractivity contribution < 1.29 is 19.4 Å². The van der Waals surface area contributed by atoms with Gasteiger partial charge in [0.05, 0.1) is 31.0 Å². The molecule has 1 aromatic carbocycles. The number of hydrogen-bond donors (Lipinski definition) is 3. The second kappa shape index (κ2) is 14.3. The van der Waals surface area contributed by atoms with E-state index in [0.717, 1.165) is 60.4 Å². The van der Waals surface area contributed by atoms with Gasteiger partial charge in [-0.2, -0.15) is 0 Å². The Hall–Kier alpha value is -3.11. The average Bonchev–Trinajstić information content (AvgIpc) is 3.86. The summed E-state index contributed by atoms with van der Waals surface area (Å²) in [6.45, 7) is 2.99. The number of aromatic nitrogens is 1. The summed E-state index contributed by atoms with van der Waals surface area (Å²) >= 11 is 0.